The fourth-order valence-electron chi connectivity index (χ4n) is 1.95. The molecule has 0 aliphatic carbocycles. The molecule has 1 amide bonds. The molecule has 126 valence electrons. The molecule has 2 rings (SSSR count). The van der Waals surface area contributed by atoms with E-state index in [1.807, 2.05) is 38.1 Å². The Morgan fingerprint density at radius 3 is 2.62 bits per heavy atom. The van der Waals surface area contributed by atoms with Crippen LogP contribution in [0.15, 0.2) is 41.5 Å². The minimum atomic E-state index is -0.459. The first-order valence-electron chi connectivity index (χ1n) is 7.40. The highest BCUT2D eigenvalue weighted by Gasteiger charge is 2.15. The van der Waals surface area contributed by atoms with Gasteiger partial charge in [0.25, 0.3) is 5.91 Å². The van der Waals surface area contributed by atoms with Gasteiger partial charge < -0.3 is 5.32 Å². The molecule has 7 nitrogen and oxygen atoms in total. The molecule has 0 radical (unpaired) electrons. The first-order valence-corrected chi connectivity index (χ1v) is 8.21. The zero-order valence-electron chi connectivity index (χ0n) is 13.4. The van der Waals surface area contributed by atoms with Crippen molar-refractivity contribution in [1.29, 1.82) is 0 Å². The highest BCUT2D eigenvalue weighted by molar-refractivity contribution is 7.16. The Balaban J connectivity index is 1.92. The summed E-state index contributed by atoms with van der Waals surface area (Å²) < 4.78 is 0. The second kappa shape index (κ2) is 8.21. The summed E-state index contributed by atoms with van der Waals surface area (Å²) in [4.78, 5) is 22.9. The van der Waals surface area contributed by atoms with Crippen LogP contribution in [0.4, 0.5) is 10.7 Å². The summed E-state index contributed by atoms with van der Waals surface area (Å²) in [5.41, 5.74) is 4.46. The lowest BCUT2D eigenvalue weighted by Crippen LogP contribution is -2.36. The number of hydrazone groups is 1. The maximum Gasteiger partial charge on any atom is 0.324 e. The van der Waals surface area contributed by atoms with E-state index in [1.54, 1.807) is 6.07 Å². The highest BCUT2D eigenvalue weighted by atomic mass is 32.1. The van der Waals surface area contributed by atoms with E-state index in [4.69, 9.17) is 0 Å². The standard InChI is InChI=1S/C16H18N4O3S/c1-3-14(18-12-6-4-11(2)5-7-12)16(21)19-17-10-13-8-9-15(24-13)20(22)23/h4-10,14,18H,3H2,1-2H3,(H,19,21)/t14-/m0/s1. The number of benzene rings is 1. The van der Waals surface area contributed by atoms with E-state index >= 15 is 0 Å². The van der Waals surface area contributed by atoms with Gasteiger partial charge in [-0.1, -0.05) is 36.0 Å². The third-order valence-corrected chi connectivity index (χ3v) is 4.25. The number of nitrogens with zero attached hydrogens (tertiary/aromatic N) is 2. The van der Waals surface area contributed by atoms with Gasteiger partial charge in [-0.2, -0.15) is 5.10 Å². The molecular formula is C16H18N4O3S. The maximum absolute atomic E-state index is 12.2. The lowest BCUT2D eigenvalue weighted by molar-refractivity contribution is -0.380. The van der Waals surface area contributed by atoms with Crippen molar-refractivity contribution in [3.63, 3.8) is 0 Å². The van der Waals surface area contributed by atoms with Crippen molar-refractivity contribution in [2.45, 2.75) is 26.3 Å². The van der Waals surface area contributed by atoms with Crippen LogP contribution in [0.2, 0.25) is 0 Å². The molecule has 0 saturated carbocycles. The molecule has 1 atom stereocenters. The highest BCUT2D eigenvalue weighted by Crippen LogP contribution is 2.22. The van der Waals surface area contributed by atoms with Crippen molar-refractivity contribution in [2.75, 3.05) is 5.32 Å². The van der Waals surface area contributed by atoms with Gasteiger partial charge in [0, 0.05) is 11.8 Å². The summed E-state index contributed by atoms with van der Waals surface area (Å²) >= 11 is 0.995. The van der Waals surface area contributed by atoms with Gasteiger partial charge in [0.15, 0.2) is 0 Å². The van der Waals surface area contributed by atoms with Gasteiger partial charge in [0.2, 0.25) is 0 Å². The number of anilines is 1. The zero-order valence-corrected chi connectivity index (χ0v) is 14.2. The minimum Gasteiger partial charge on any atom is -0.374 e. The number of carbonyl (C=O) groups is 1. The molecule has 24 heavy (non-hydrogen) atoms. The molecule has 0 spiro atoms. The SMILES string of the molecule is CC[C@H](Nc1ccc(C)cc1)C(=O)NN=Cc1ccc([N+](=O)[O-])s1. The number of aryl methyl sites for hydroxylation is 1. The molecule has 0 saturated heterocycles. The number of rotatable bonds is 7. The summed E-state index contributed by atoms with van der Waals surface area (Å²) in [6, 6.07) is 10.3. The molecule has 0 aliphatic rings. The van der Waals surface area contributed by atoms with E-state index in [0.717, 1.165) is 22.6 Å². The minimum absolute atomic E-state index is 0.0373. The predicted molar refractivity (Wildman–Crippen MR) is 95.6 cm³/mol. The van der Waals surface area contributed by atoms with Crippen molar-refractivity contribution in [2.24, 2.45) is 5.10 Å². The van der Waals surface area contributed by atoms with Crippen LogP contribution in [0.25, 0.3) is 0 Å². The molecule has 1 heterocycles. The maximum atomic E-state index is 12.2. The molecule has 8 heteroatoms. The van der Waals surface area contributed by atoms with Crippen molar-refractivity contribution in [3.05, 3.63) is 57.0 Å². The number of hydrogen-bond donors (Lipinski definition) is 2. The van der Waals surface area contributed by atoms with E-state index in [9.17, 15) is 14.9 Å². The first-order chi connectivity index (χ1) is 11.5. The second-order valence-corrected chi connectivity index (χ2v) is 6.23. The largest absolute Gasteiger partial charge is 0.374 e. The van der Waals surface area contributed by atoms with Gasteiger partial charge in [-0.05, 0) is 31.5 Å². The Bertz CT molecular complexity index is 740. The van der Waals surface area contributed by atoms with Gasteiger partial charge in [0.1, 0.15) is 6.04 Å². The Kier molecular flexibility index (Phi) is 6.02. The molecule has 0 aliphatic heterocycles. The fourth-order valence-corrected chi connectivity index (χ4v) is 2.64. The van der Waals surface area contributed by atoms with Gasteiger partial charge in [-0.25, -0.2) is 5.43 Å². The predicted octanol–water partition coefficient (Wildman–Crippen LogP) is 3.31. The van der Waals surface area contributed by atoms with Gasteiger partial charge in [-0.3, -0.25) is 14.9 Å². The summed E-state index contributed by atoms with van der Waals surface area (Å²) in [7, 11) is 0. The molecule has 2 N–H and O–H groups in total. The van der Waals surface area contributed by atoms with Crippen LogP contribution < -0.4 is 10.7 Å². The van der Waals surface area contributed by atoms with Crippen LogP contribution in [0.5, 0.6) is 0 Å². The smallest absolute Gasteiger partial charge is 0.324 e. The molecule has 0 unspecified atom stereocenters. The van der Waals surface area contributed by atoms with E-state index in [1.165, 1.54) is 12.3 Å². The average Bonchev–Trinajstić information content (AvgIpc) is 3.03. The van der Waals surface area contributed by atoms with Crippen LogP contribution >= 0.6 is 11.3 Å². The quantitative estimate of drug-likeness (QED) is 0.457. The van der Waals surface area contributed by atoms with Crippen molar-refractivity contribution >= 4 is 34.1 Å². The molecular weight excluding hydrogens is 328 g/mol. The number of thiophene rings is 1. The molecule has 1 aromatic carbocycles. The molecule has 0 bridgehead atoms. The van der Waals surface area contributed by atoms with Crippen LogP contribution in [0, 0.1) is 17.0 Å². The van der Waals surface area contributed by atoms with Gasteiger partial charge >= 0.3 is 5.00 Å². The van der Waals surface area contributed by atoms with Crippen LogP contribution in [-0.4, -0.2) is 23.1 Å². The van der Waals surface area contributed by atoms with E-state index in [2.05, 4.69) is 15.8 Å². The van der Waals surface area contributed by atoms with Gasteiger partial charge in [0.05, 0.1) is 16.0 Å². The Morgan fingerprint density at radius 1 is 1.33 bits per heavy atom. The van der Waals surface area contributed by atoms with Crippen molar-refractivity contribution < 1.29 is 9.72 Å². The fraction of sp³-hybridized carbons (Fsp3) is 0.250. The Hall–Kier alpha value is -2.74. The Morgan fingerprint density at radius 2 is 2.04 bits per heavy atom. The summed E-state index contributed by atoms with van der Waals surface area (Å²) in [5, 5.41) is 17.7. The average molecular weight is 346 g/mol. The number of nitro groups is 1. The lowest BCUT2D eigenvalue weighted by Gasteiger charge is -2.16. The second-order valence-electron chi connectivity index (χ2n) is 5.14. The number of hydrogen-bond acceptors (Lipinski definition) is 6. The molecule has 2 aromatic rings. The Labute approximate surface area is 143 Å². The third-order valence-electron chi connectivity index (χ3n) is 3.28. The summed E-state index contributed by atoms with van der Waals surface area (Å²) in [5.74, 6) is -0.264. The number of carbonyl (C=O) groups excluding carboxylic acids is 1. The third kappa shape index (κ3) is 4.88. The number of amides is 1. The monoisotopic (exact) mass is 346 g/mol. The molecule has 1 aromatic heterocycles. The van der Waals surface area contributed by atoms with Crippen LogP contribution in [0.3, 0.4) is 0 Å². The van der Waals surface area contributed by atoms with Crippen LogP contribution in [0.1, 0.15) is 23.8 Å². The van der Waals surface area contributed by atoms with Crippen LogP contribution in [-0.2, 0) is 4.79 Å². The zero-order chi connectivity index (χ0) is 17.5. The number of nitrogens with one attached hydrogen (secondary N) is 2. The van der Waals surface area contributed by atoms with Crippen molar-refractivity contribution in [3.8, 4) is 0 Å². The molecule has 0 fully saturated rings. The van der Waals surface area contributed by atoms with Crippen molar-refractivity contribution in [1.82, 2.24) is 5.43 Å². The lowest BCUT2D eigenvalue weighted by atomic mass is 10.1. The summed E-state index contributed by atoms with van der Waals surface area (Å²) in [6.45, 7) is 3.90. The summed E-state index contributed by atoms with van der Waals surface area (Å²) in [6.07, 6.45) is 1.99. The van der Waals surface area contributed by atoms with Gasteiger partial charge in [-0.15, -0.1) is 0 Å². The van der Waals surface area contributed by atoms with E-state index in [0.29, 0.717) is 11.3 Å². The topological polar surface area (TPSA) is 96.6 Å². The van der Waals surface area contributed by atoms with E-state index in [-0.39, 0.29) is 10.9 Å². The van der Waals surface area contributed by atoms with E-state index < -0.39 is 11.0 Å². The first kappa shape index (κ1) is 17.6. The normalized spacial score (nSPS) is 12.1.